The molecule has 0 aliphatic carbocycles. The van der Waals surface area contributed by atoms with Crippen LogP contribution in [0.5, 0.6) is 5.75 Å². The quantitative estimate of drug-likeness (QED) is 0.776. The van der Waals surface area contributed by atoms with E-state index in [0.29, 0.717) is 18.5 Å². The summed E-state index contributed by atoms with van der Waals surface area (Å²) in [7, 11) is 0. The number of halogens is 1. The lowest BCUT2D eigenvalue weighted by Crippen LogP contribution is -2.02. The molecule has 0 saturated heterocycles. The van der Waals surface area contributed by atoms with Crippen molar-refractivity contribution in [2.45, 2.75) is 20.1 Å². The maximum atomic E-state index is 14.1. The third kappa shape index (κ3) is 2.77. The first-order valence-corrected chi connectivity index (χ1v) is 7.59. The molecule has 2 aromatic carbocycles. The van der Waals surface area contributed by atoms with E-state index in [1.165, 1.54) is 17.4 Å². The number of benzene rings is 2. The molecule has 0 unspecified atom stereocenters. The van der Waals surface area contributed by atoms with Crippen LogP contribution in [-0.2, 0) is 13.2 Å². The Morgan fingerprint density at radius 2 is 2.00 bits per heavy atom. The van der Waals surface area contributed by atoms with Gasteiger partial charge in [0.1, 0.15) is 18.2 Å². The largest absolute Gasteiger partial charge is 0.489 e. The lowest BCUT2D eigenvalue weighted by Gasteiger charge is -2.08. The first-order chi connectivity index (χ1) is 10.2. The number of nitrogens with two attached hydrogens (primary N) is 1. The average Bonchev–Trinajstić information content (AvgIpc) is 2.84. The van der Waals surface area contributed by atoms with Crippen LogP contribution >= 0.6 is 11.3 Å². The highest BCUT2D eigenvalue weighted by Crippen LogP contribution is 2.33. The van der Waals surface area contributed by atoms with E-state index in [2.05, 4.69) is 0 Å². The molecule has 0 spiro atoms. The van der Waals surface area contributed by atoms with Crippen LogP contribution in [0, 0.1) is 12.7 Å². The van der Waals surface area contributed by atoms with Gasteiger partial charge < -0.3 is 10.5 Å². The maximum Gasteiger partial charge on any atom is 0.132 e. The predicted molar refractivity (Wildman–Crippen MR) is 85.2 cm³/mol. The van der Waals surface area contributed by atoms with Crippen molar-refractivity contribution in [2.24, 2.45) is 5.73 Å². The van der Waals surface area contributed by atoms with Gasteiger partial charge in [0, 0.05) is 27.1 Å². The Balaban J connectivity index is 1.96. The van der Waals surface area contributed by atoms with Crippen molar-refractivity contribution in [1.82, 2.24) is 0 Å². The van der Waals surface area contributed by atoms with Crippen molar-refractivity contribution in [1.29, 1.82) is 0 Å². The highest BCUT2D eigenvalue weighted by Gasteiger charge is 2.15. The zero-order chi connectivity index (χ0) is 14.8. The van der Waals surface area contributed by atoms with E-state index in [4.69, 9.17) is 10.5 Å². The highest BCUT2D eigenvalue weighted by molar-refractivity contribution is 7.19. The topological polar surface area (TPSA) is 35.2 Å². The number of hydrogen-bond acceptors (Lipinski definition) is 3. The molecule has 0 bridgehead atoms. The molecule has 0 aliphatic heterocycles. The average molecular weight is 301 g/mol. The number of thiophene rings is 1. The Morgan fingerprint density at radius 3 is 2.76 bits per heavy atom. The molecule has 4 heteroatoms. The zero-order valence-corrected chi connectivity index (χ0v) is 12.5. The van der Waals surface area contributed by atoms with Crippen LogP contribution in [0.25, 0.3) is 10.1 Å². The summed E-state index contributed by atoms with van der Waals surface area (Å²) in [6.45, 7) is 2.74. The molecule has 0 atom stereocenters. The number of hydrogen-bond donors (Lipinski definition) is 1. The fourth-order valence-corrected chi connectivity index (χ4v) is 3.50. The van der Waals surface area contributed by atoms with Gasteiger partial charge in [-0.15, -0.1) is 11.3 Å². The fourth-order valence-electron chi connectivity index (χ4n) is 2.39. The van der Waals surface area contributed by atoms with Crippen LogP contribution in [0.15, 0.2) is 42.5 Å². The van der Waals surface area contributed by atoms with Crippen molar-refractivity contribution in [3.05, 3.63) is 64.3 Å². The van der Waals surface area contributed by atoms with E-state index in [9.17, 15) is 4.39 Å². The first kappa shape index (κ1) is 14.0. The molecule has 0 saturated carbocycles. The molecule has 0 amide bonds. The van der Waals surface area contributed by atoms with Crippen molar-refractivity contribution < 1.29 is 9.13 Å². The second-order valence-electron chi connectivity index (χ2n) is 4.93. The van der Waals surface area contributed by atoms with Gasteiger partial charge in [-0.2, -0.15) is 0 Å². The summed E-state index contributed by atoms with van der Waals surface area (Å²) >= 11 is 1.53. The summed E-state index contributed by atoms with van der Waals surface area (Å²) in [4.78, 5) is 0.975. The van der Waals surface area contributed by atoms with Gasteiger partial charge in [-0.3, -0.25) is 0 Å². The SMILES string of the molecule is Cc1cccc(OCc2c(CN)sc3cccc(F)c23)c1. The smallest absolute Gasteiger partial charge is 0.132 e. The van der Waals surface area contributed by atoms with E-state index < -0.39 is 0 Å². The van der Waals surface area contributed by atoms with E-state index >= 15 is 0 Å². The molecular weight excluding hydrogens is 285 g/mol. The molecule has 108 valence electrons. The predicted octanol–water partition coefficient (Wildman–Crippen LogP) is 4.39. The molecule has 2 N–H and O–H groups in total. The van der Waals surface area contributed by atoms with Gasteiger partial charge in [0.05, 0.1) is 0 Å². The summed E-state index contributed by atoms with van der Waals surface area (Å²) in [5.74, 6) is 0.569. The van der Waals surface area contributed by atoms with Crippen LogP contribution in [0.2, 0.25) is 0 Å². The molecular formula is C17H16FNOS. The number of fused-ring (bicyclic) bond motifs is 1. The van der Waals surface area contributed by atoms with Crippen LogP contribution in [0.3, 0.4) is 0 Å². The Kier molecular flexibility index (Phi) is 3.90. The van der Waals surface area contributed by atoms with E-state index in [1.807, 2.05) is 37.3 Å². The van der Waals surface area contributed by atoms with Gasteiger partial charge in [-0.05, 0) is 36.8 Å². The van der Waals surface area contributed by atoms with Crippen LogP contribution in [0.1, 0.15) is 16.0 Å². The molecule has 1 heterocycles. The van der Waals surface area contributed by atoms with Gasteiger partial charge >= 0.3 is 0 Å². The Labute approximate surface area is 127 Å². The molecule has 3 rings (SSSR count). The summed E-state index contributed by atoms with van der Waals surface area (Å²) in [5, 5.41) is 0.635. The molecule has 0 aliphatic rings. The van der Waals surface area contributed by atoms with Gasteiger partial charge in [-0.1, -0.05) is 18.2 Å². The minimum Gasteiger partial charge on any atom is -0.489 e. The van der Waals surface area contributed by atoms with Crippen molar-refractivity contribution in [3.8, 4) is 5.75 Å². The molecule has 2 nitrogen and oxygen atoms in total. The van der Waals surface area contributed by atoms with Crippen LogP contribution in [-0.4, -0.2) is 0 Å². The van der Waals surface area contributed by atoms with Crippen LogP contribution in [0.4, 0.5) is 4.39 Å². The standard InChI is InChI=1S/C17H16FNOS/c1-11-4-2-5-12(8-11)20-10-13-16(9-19)21-15-7-3-6-14(18)17(13)15/h2-8H,9-10,19H2,1H3. The lowest BCUT2D eigenvalue weighted by molar-refractivity contribution is 0.306. The van der Waals surface area contributed by atoms with E-state index in [0.717, 1.165) is 26.5 Å². The van der Waals surface area contributed by atoms with Gasteiger partial charge in [0.2, 0.25) is 0 Å². The number of aryl methyl sites for hydroxylation is 1. The monoisotopic (exact) mass is 301 g/mol. The Bertz CT molecular complexity index is 782. The molecule has 1 aromatic heterocycles. The lowest BCUT2D eigenvalue weighted by atomic mass is 10.1. The first-order valence-electron chi connectivity index (χ1n) is 6.77. The summed E-state index contributed by atoms with van der Waals surface area (Å²) in [6.07, 6.45) is 0. The van der Waals surface area contributed by atoms with Crippen LogP contribution < -0.4 is 10.5 Å². The normalized spacial score (nSPS) is 11.0. The summed E-state index contributed by atoms with van der Waals surface area (Å²) in [5.41, 5.74) is 7.78. The van der Waals surface area contributed by atoms with E-state index in [1.54, 1.807) is 6.07 Å². The summed E-state index contributed by atoms with van der Waals surface area (Å²) < 4.78 is 20.8. The third-order valence-electron chi connectivity index (χ3n) is 3.41. The molecule has 3 aromatic rings. The number of rotatable bonds is 4. The van der Waals surface area contributed by atoms with E-state index in [-0.39, 0.29) is 5.82 Å². The number of ether oxygens (including phenoxy) is 1. The molecule has 0 fully saturated rings. The van der Waals surface area contributed by atoms with Crippen molar-refractivity contribution >= 4 is 21.4 Å². The second kappa shape index (κ2) is 5.84. The molecule has 0 radical (unpaired) electrons. The molecule has 21 heavy (non-hydrogen) atoms. The minimum atomic E-state index is -0.216. The van der Waals surface area contributed by atoms with Gasteiger partial charge in [0.15, 0.2) is 0 Å². The zero-order valence-electron chi connectivity index (χ0n) is 11.7. The Hall–Kier alpha value is -1.91. The third-order valence-corrected chi connectivity index (χ3v) is 4.62. The maximum absolute atomic E-state index is 14.1. The van der Waals surface area contributed by atoms with Crippen molar-refractivity contribution in [2.75, 3.05) is 0 Å². The van der Waals surface area contributed by atoms with Gasteiger partial charge in [-0.25, -0.2) is 4.39 Å². The second-order valence-corrected chi connectivity index (χ2v) is 6.06. The summed E-state index contributed by atoms with van der Waals surface area (Å²) in [6, 6.07) is 12.9. The fraction of sp³-hybridized carbons (Fsp3) is 0.176. The highest BCUT2D eigenvalue weighted by atomic mass is 32.1. The minimum absolute atomic E-state index is 0.216. The van der Waals surface area contributed by atoms with Crippen molar-refractivity contribution in [3.63, 3.8) is 0 Å². The van der Waals surface area contributed by atoms with Gasteiger partial charge in [0.25, 0.3) is 0 Å². The Morgan fingerprint density at radius 1 is 1.19 bits per heavy atom.